The van der Waals surface area contributed by atoms with Crippen LogP contribution in [-0.4, -0.2) is 17.9 Å². The standard InChI is InChI=1S/C16H15FN2O4/c1-11(23-14-7-3-2-6-13(14)17)16(21)19-18-15(20)9-8-12-5-4-10-22-12/h2-11H,1H3,(H,18,20)(H,19,21)/b9-8+/t11-/m1/s1. The normalized spacial score (nSPS) is 11.9. The van der Waals surface area contributed by atoms with Gasteiger partial charge in [0.25, 0.3) is 11.8 Å². The van der Waals surface area contributed by atoms with Crippen molar-refractivity contribution in [1.29, 1.82) is 0 Å². The topological polar surface area (TPSA) is 80.6 Å². The van der Waals surface area contributed by atoms with E-state index >= 15 is 0 Å². The van der Waals surface area contributed by atoms with Gasteiger partial charge in [-0.2, -0.15) is 0 Å². The number of halogens is 1. The Hall–Kier alpha value is -3.09. The van der Waals surface area contributed by atoms with Crippen molar-refractivity contribution in [3.8, 4) is 5.75 Å². The summed E-state index contributed by atoms with van der Waals surface area (Å²) in [6.45, 7) is 1.44. The molecule has 6 nitrogen and oxygen atoms in total. The van der Waals surface area contributed by atoms with E-state index in [-0.39, 0.29) is 5.75 Å². The maximum absolute atomic E-state index is 13.4. The summed E-state index contributed by atoms with van der Waals surface area (Å²) in [6, 6.07) is 9.08. The molecule has 0 aliphatic heterocycles. The molecule has 2 rings (SSSR count). The Kier molecular flexibility index (Phi) is 5.51. The van der Waals surface area contributed by atoms with E-state index in [1.807, 2.05) is 0 Å². The van der Waals surface area contributed by atoms with Crippen LogP contribution in [0.4, 0.5) is 4.39 Å². The predicted octanol–water partition coefficient (Wildman–Crippen LogP) is 2.05. The zero-order chi connectivity index (χ0) is 16.7. The second kappa shape index (κ2) is 7.79. The molecular weight excluding hydrogens is 303 g/mol. The van der Waals surface area contributed by atoms with Gasteiger partial charge in [0.2, 0.25) is 0 Å². The molecule has 0 unspecified atom stereocenters. The van der Waals surface area contributed by atoms with Crippen LogP contribution in [-0.2, 0) is 9.59 Å². The van der Waals surface area contributed by atoms with Crippen LogP contribution in [0.2, 0.25) is 0 Å². The van der Waals surface area contributed by atoms with E-state index in [0.717, 1.165) is 0 Å². The molecule has 0 aliphatic rings. The number of nitrogens with one attached hydrogen (secondary N) is 2. The van der Waals surface area contributed by atoms with Crippen LogP contribution in [0.25, 0.3) is 6.08 Å². The zero-order valence-corrected chi connectivity index (χ0v) is 12.3. The minimum atomic E-state index is -0.985. The van der Waals surface area contributed by atoms with Crippen molar-refractivity contribution in [2.75, 3.05) is 0 Å². The highest BCUT2D eigenvalue weighted by molar-refractivity contribution is 5.93. The molecule has 23 heavy (non-hydrogen) atoms. The first-order valence-electron chi connectivity index (χ1n) is 6.79. The monoisotopic (exact) mass is 318 g/mol. The van der Waals surface area contributed by atoms with Crippen molar-refractivity contribution in [2.45, 2.75) is 13.0 Å². The highest BCUT2D eigenvalue weighted by Gasteiger charge is 2.16. The van der Waals surface area contributed by atoms with E-state index in [4.69, 9.17) is 9.15 Å². The Morgan fingerprint density at radius 3 is 2.70 bits per heavy atom. The van der Waals surface area contributed by atoms with E-state index in [2.05, 4.69) is 10.9 Å². The Balaban J connectivity index is 1.79. The fourth-order valence-corrected chi connectivity index (χ4v) is 1.59. The molecule has 2 amide bonds. The Labute approximate surface area is 131 Å². The number of carbonyl (C=O) groups excluding carboxylic acids is 2. The minimum absolute atomic E-state index is 0.0424. The molecule has 1 aromatic heterocycles. The molecular formula is C16H15FN2O4. The van der Waals surface area contributed by atoms with Crippen LogP contribution in [0.15, 0.2) is 53.2 Å². The number of furan rings is 1. The van der Waals surface area contributed by atoms with Crippen LogP contribution < -0.4 is 15.6 Å². The Morgan fingerprint density at radius 2 is 2.00 bits per heavy atom. The molecule has 2 N–H and O–H groups in total. The Morgan fingerprint density at radius 1 is 1.22 bits per heavy atom. The lowest BCUT2D eigenvalue weighted by atomic mass is 10.3. The van der Waals surface area contributed by atoms with Gasteiger partial charge in [-0.25, -0.2) is 4.39 Å². The summed E-state index contributed by atoms with van der Waals surface area (Å²) in [6.07, 6.45) is 3.13. The lowest BCUT2D eigenvalue weighted by molar-refractivity contribution is -0.131. The first-order chi connectivity index (χ1) is 11.1. The molecule has 0 fully saturated rings. The van der Waals surface area contributed by atoms with E-state index in [1.54, 1.807) is 18.2 Å². The molecule has 120 valence electrons. The molecule has 0 saturated heterocycles. The maximum atomic E-state index is 13.4. The second-order valence-corrected chi connectivity index (χ2v) is 4.52. The van der Waals surface area contributed by atoms with Crippen molar-refractivity contribution in [3.63, 3.8) is 0 Å². The summed E-state index contributed by atoms with van der Waals surface area (Å²) < 4.78 is 23.6. The number of hydrazine groups is 1. The van der Waals surface area contributed by atoms with Gasteiger partial charge < -0.3 is 9.15 Å². The predicted molar refractivity (Wildman–Crippen MR) is 80.5 cm³/mol. The van der Waals surface area contributed by atoms with Crippen molar-refractivity contribution in [3.05, 3.63) is 60.3 Å². The summed E-state index contributed by atoms with van der Waals surface area (Å²) in [4.78, 5) is 23.3. The number of hydrogen-bond acceptors (Lipinski definition) is 4. The number of carbonyl (C=O) groups is 2. The van der Waals surface area contributed by atoms with Crippen LogP contribution in [0.1, 0.15) is 12.7 Å². The zero-order valence-electron chi connectivity index (χ0n) is 12.3. The fourth-order valence-electron chi connectivity index (χ4n) is 1.59. The largest absolute Gasteiger partial charge is 0.478 e. The van der Waals surface area contributed by atoms with Crippen LogP contribution >= 0.6 is 0 Å². The van der Waals surface area contributed by atoms with Gasteiger partial charge in [-0.05, 0) is 37.3 Å². The van der Waals surface area contributed by atoms with E-state index in [0.29, 0.717) is 5.76 Å². The van der Waals surface area contributed by atoms with Gasteiger partial charge in [0.1, 0.15) is 5.76 Å². The smallest absolute Gasteiger partial charge is 0.279 e. The molecule has 1 aromatic carbocycles. The number of amides is 2. The second-order valence-electron chi connectivity index (χ2n) is 4.52. The Bertz CT molecular complexity index is 698. The van der Waals surface area contributed by atoms with Crippen molar-refractivity contribution < 1.29 is 23.1 Å². The highest BCUT2D eigenvalue weighted by Crippen LogP contribution is 2.16. The third kappa shape index (κ3) is 4.99. The SMILES string of the molecule is C[C@@H](Oc1ccccc1F)C(=O)NNC(=O)/C=C/c1ccco1. The fraction of sp³-hybridized carbons (Fsp3) is 0.125. The molecule has 0 radical (unpaired) electrons. The van der Waals surface area contributed by atoms with E-state index < -0.39 is 23.7 Å². The lowest BCUT2D eigenvalue weighted by Crippen LogP contribution is -2.46. The van der Waals surface area contributed by atoms with Crippen LogP contribution in [0.3, 0.4) is 0 Å². The summed E-state index contributed by atoms with van der Waals surface area (Å²) in [7, 11) is 0. The van der Waals surface area contributed by atoms with Gasteiger partial charge in [0, 0.05) is 6.08 Å². The van der Waals surface area contributed by atoms with Gasteiger partial charge in [-0.3, -0.25) is 20.4 Å². The number of ether oxygens (including phenoxy) is 1. The molecule has 2 aromatic rings. The van der Waals surface area contributed by atoms with Gasteiger partial charge in [0.05, 0.1) is 6.26 Å². The molecule has 0 aliphatic carbocycles. The van der Waals surface area contributed by atoms with Gasteiger partial charge in [-0.1, -0.05) is 12.1 Å². The molecule has 1 heterocycles. The third-order valence-corrected chi connectivity index (χ3v) is 2.76. The average Bonchev–Trinajstić information content (AvgIpc) is 3.06. The van der Waals surface area contributed by atoms with Gasteiger partial charge in [0.15, 0.2) is 17.7 Å². The quantitative estimate of drug-likeness (QED) is 0.653. The van der Waals surface area contributed by atoms with Gasteiger partial charge in [-0.15, -0.1) is 0 Å². The third-order valence-electron chi connectivity index (χ3n) is 2.76. The highest BCUT2D eigenvalue weighted by atomic mass is 19.1. The number of rotatable bonds is 5. The molecule has 1 atom stereocenters. The molecule has 0 saturated carbocycles. The van der Waals surface area contributed by atoms with Crippen LogP contribution in [0.5, 0.6) is 5.75 Å². The summed E-state index contributed by atoms with van der Waals surface area (Å²) in [5.41, 5.74) is 4.37. The molecule has 0 bridgehead atoms. The van der Waals surface area contributed by atoms with Crippen molar-refractivity contribution in [1.82, 2.24) is 10.9 Å². The molecule has 7 heteroatoms. The van der Waals surface area contributed by atoms with Crippen LogP contribution in [0, 0.1) is 5.82 Å². The maximum Gasteiger partial charge on any atom is 0.279 e. The first kappa shape index (κ1) is 16.3. The van der Waals surface area contributed by atoms with Crippen molar-refractivity contribution in [2.24, 2.45) is 0 Å². The number of hydrogen-bond donors (Lipinski definition) is 2. The summed E-state index contributed by atoms with van der Waals surface area (Å²) in [5.74, 6) is -1.28. The lowest BCUT2D eigenvalue weighted by Gasteiger charge is -2.15. The minimum Gasteiger partial charge on any atom is -0.478 e. The number of benzene rings is 1. The van der Waals surface area contributed by atoms with E-state index in [1.165, 1.54) is 43.5 Å². The van der Waals surface area contributed by atoms with E-state index in [9.17, 15) is 14.0 Å². The average molecular weight is 318 g/mol. The first-order valence-corrected chi connectivity index (χ1v) is 6.79. The van der Waals surface area contributed by atoms with Crippen molar-refractivity contribution >= 4 is 17.9 Å². The summed E-state index contributed by atoms with van der Waals surface area (Å²) in [5, 5.41) is 0. The number of para-hydroxylation sites is 1. The van der Waals surface area contributed by atoms with Gasteiger partial charge >= 0.3 is 0 Å². The summed E-state index contributed by atoms with van der Waals surface area (Å²) >= 11 is 0. The molecule has 0 spiro atoms.